The van der Waals surface area contributed by atoms with Crippen LogP contribution in [-0.2, 0) is 26.2 Å². The topological polar surface area (TPSA) is 9.23 Å². The molecule has 2 aliphatic rings. The lowest BCUT2D eigenvalue weighted by Crippen LogP contribution is -2.40. The summed E-state index contributed by atoms with van der Waals surface area (Å²) < 4.78 is 6.64. The Morgan fingerprint density at radius 1 is 0.517 bits per heavy atom. The molecular weight excluding hydrogens is 754 g/mol. The molecule has 8 rings (SSSR count). The molecule has 0 N–H and O–H groups in total. The number of rotatable bonds is 6. The molecule has 0 fully saturated rings. The van der Waals surface area contributed by atoms with Crippen molar-refractivity contribution in [3.63, 3.8) is 0 Å². The molecule has 6 aromatic rings. The van der Waals surface area contributed by atoms with Crippen molar-refractivity contribution >= 4 is 92.4 Å². The van der Waals surface area contributed by atoms with E-state index < -0.39 is 25.4 Å². The van der Waals surface area contributed by atoms with Crippen molar-refractivity contribution in [3.05, 3.63) is 143 Å². The Morgan fingerprint density at radius 3 is 1.72 bits per heavy atom. The van der Waals surface area contributed by atoms with Crippen molar-refractivity contribution in [2.45, 2.75) is 80.4 Å². The molecule has 2 aliphatic heterocycles. The van der Waals surface area contributed by atoms with Crippen molar-refractivity contribution in [2.75, 3.05) is 12.5 Å². The van der Waals surface area contributed by atoms with Gasteiger partial charge in [-0.05, 0) is 93.5 Å². The van der Waals surface area contributed by atoms with E-state index in [1.54, 1.807) is 17.8 Å². The maximum atomic E-state index is 6.71. The van der Waals surface area contributed by atoms with E-state index in [9.17, 15) is 0 Å². The normalized spacial score (nSPS) is 16.9. The van der Waals surface area contributed by atoms with Crippen LogP contribution >= 0.6 is 21.8 Å². The fraction of sp³-hybridized carbons (Fsp3) is 0.250. The summed E-state index contributed by atoms with van der Waals surface area (Å²) >= 11 is 1.71. The van der Waals surface area contributed by atoms with E-state index >= 15 is 0 Å². The number of aryl methyl sites for hydroxylation is 1. The molecule has 2 heterocycles. The number of para-hydroxylation sites is 2. The maximum absolute atomic E-state index is 6.71. The van der Waals surface area contributed by atoms with Gasteiger partial charge < -0.3 is 4.74 Å². The first-order chi connectivity index (χ1) is 27.8. The minimum absolute atomic E-state index is 0.238. The van der Waals surface area contributed by atoms with Gasteiger partial charge in [0.2, 0.25) is 0 Å². The number of ether oxygens (including phenoxy) is 1. The highest BCUT2D eigenvalue weighted by atomic mass is 32.3. The van der Waals surface area contributed by atoms with Gasteiger partial charge in [-0.25, -0.2) is 0 Å². The van der Waals surface area contributed by atoms with Crippen molar-refractivity contribution in [2.24, 2.45) is 0 Å². The van der Waals surface area contributed by atoms with E-state index in [0.717, 1.165) is 48.4 Å². The van der Waals surface area contributed by atoms with Crippen LogP contribution in [0.4, 0.5) is 0 Å². The highest BCUT2D eigenvalue weighted by Gasteiger charge is 2.45. The summed E-state index contributed by atoms with van der Waals surface area (Å²) in [6, 6.07) is 36.6. The second-order valence-electron chi connectivity index (χ2n) is 18.0. The highest BCUT2D eigenvalue weighted by Crippen LogP contribution is 2.67. The second-order valence-corrected chi connectivity index (χ2v) is 22.6. The van der Waals surface area contributed by atoms with Crippen molar-refractivity contribution in [3.8, 4) is 44.9 Å². The SMILES string of the molecule is [B]C([B])([B])c1cc(-c2cccc3c2Oc2ccccc2S3(C)C)ccc1-c1cc(C([B])([B])[B])c(-c2cccc3c2Sc2ccc(C)cc2C(C)(C)C3(C)C)cc1C([B])([B])[B]. The quantitative estimate of drug-likeness (QED) is 0.156. The first kappa shape index (κ1) is 43.1. The van der Waals surface area contributed by atoms with Crippen LogP contribution in [0.15, 0.2) is 129 Å². The van der Waals surface area contributed by atoms with E-state index in [0.29, 0.717) is 33.4 Å². The lowest BCUT2D eigenvalue weighted by molar-refractivity contribution is 0.296. The molecule has 0 aromatic heterocycles. The third kappa shape index (κ3) is 7.05. The molecule has 0 atom stereocenters. The molecule has 6 aromatic carbocycles. The first-order valence-corrected chi connectivity index (χ1v) is 23.1. The van der Waals surface area contributed by atoms with Crippen LogP contribution < -0.4 is 4.74 Å². The van der Waals surface area contributed by atoms with E-state index in [-0.39, 0.29) is 10.8 Å². The third-order valence-electron chi connectivity index (χ3n) is 12.9. The van der Waals surface area contributed by atoms with Crippen molar-refractivity contribution in [1.82, 2.24) is 0 Å². The molecule has 0 unspecified atom stereocenters. The molecule has 1 nitrogen and oxygen atoms in total. The number of hydrogen-bond donors (Lipinski definition) is 0. The Hall–Kier alpha value is -3.60. The van der Waals surface area contributed by atoms with Gasteiger partial charge >= 0.3 is 0 Å². The van der Waals surface area contributed by atoms with Crippen LogP contribution in [0.2, 0.25) is 0 Å². The third-order valence-corrected chi connectivity index (χ3v) is 17.0. The largest absolute Gasteiger partial charge is 0.454 e. The average molecular weight is 793 g/mol. The van der Waals surface area contributed by atoms with Crippen molar-refractivity contribution < 1.29 is 4.74 Å². The van der Waals surface area contributed by atoms with Crippen LogP contribution in [-0.4, -0.2) is 83.1 Å². The minimum Gasteiger partial charge on any atom is -0.454 e. The molecule has 0 bridgehead atoms. The molecule has 12 heteroatoms. The molecule has 0 saturated heterocycles. The number of fused-ring (bicyclic) bond motifs is 4. The van der Waals surface area contributed by atoms with Gasteiger partial charge in [-0.15, -0.1) is 15.3 Å². The molecule has 0 aliphatic carbocycles. The monoisotopic (exact) mass is 794 g/mol. The minimum atomic E-state index is -1.86. The maximum Gasteiger partial charge on any atom is 0.147 e. The van der Waals surface area contributed by atoms with Gasteiger partial charge in [0.25, 0.3) is 0 Å². The molecule has 60 heavy (non-hydrogen) atoms. The summed E-state index contributed by atoms with van der Waals surface area (Å²) in [6.45, 7) is 11.3. The average Bonchev–Trinajstić information content (AvgIpc) is 3.22. The molecule has 18 radical (unpaired) electrons. The lowest BCUT2D eigenvalue weighted by atomic mass is 9.36. The first-order valence-electron chi connectivity index (χ1n) is 19.8. The van der Waals surface area contributed by atoms with Gasteiger partial charge in [0.05, 0.1) is 70.6 Å². The summed E-state index contributed by atoms with van der Waals surface area (Å²) in [4.78, 5) is 4.50. The van der Waals surface area contributed by atoms with E-state index in [2.05, 4.69) is 83.5 Å². The van der Waals surface area contributed by atoms with Crippen LogP contribution in [0.25, 0.3) is 33.4 Å². The van der Waals surface area contributed by atoms with Crippen LogP contribution in [0.1, 0.15) is 61.1 Å². The Bertz CT molecular complexity index is 2720. The Kier molecular flexibility index (Phi) is 10.4. The second kappa shape index (κ2) is 14.5. The lowest BCUT2D eigenvalue weighted by Gasteiger charge is -2.42. The van der Waals surface area contributed by atoms with Crippen LogP contribution in [0.3, 0.4) is 0 Å². The fourth-order valence-electron chi connectivity index (χ4n) is 8.86. The summed E-state index contributed by atoms with van der Waals surface area (Å²) in [5.41, 5.74) is 8.41. The number of hydrogen-bond acceptors (Lipinski definition) is 2. The van der Waals surface area contributed by atoms with Gasteiger partial charge in [0, 0.05) is 25.1 Å². The van der Waals surface area contributed by atoms with Crippen LogP contribution in [0, 0.1) is 6.92 Å². The molecule has 0 amide bonds. The zero-order valence-electron chi connectivity index (χ0n) is 35.3. The molecule has 276 valence electrons. The summed E-state index contributed by atoms with van der Waals surface area (Å²) in [5, 5.41) is -5.53. The van der Waals surface area contributed by atoms with Gasteiger partial charge in [0.1, 0.15) is 11.5 Å². The fourth-order valence-corrected chi connectivity index (χ4v) is 12.7. The summed E-state index contributed by atoms with van der Waals surface area (Å²) in [6.07, 6.45) is 4.55. The Balaban J connectivity index is 1.36. The van der Waals surface area contributed by atoms with Gasteiger partial charge in [-0.3, -0.25) is 0 Å². The Morgan fingerprint density at radius 2 is 1.07 bits per heavy atom. The van der Waals surface area contributed by atoms with Gasteiger partial charge in [-0.2, -0.15) is 10.0 Å². The van der Waals surface area contributed by atoms with E-state index in [1.165, 1.54) is 16.0 Å². The van der Waals surface area contributed by atoms with Crippen molar-refractivity contribution in [1.29, 1.82) is 0 Å². The molecule has 0 spiro atoms. The molecular formula is C48H39B9OS2. The summed E-state index contributed by atoms with van der Waals surface area (Å²) in [5.74, 6) is 1.60. The summed E-state index contributed by atoms with van der Waals surface area (Å²) in [7, 11) is 58.7. The van der Waals surface area contributed by atoms with Gasteiger partial charge in [-0.1, -0.05) is 147 Å². The van der Waals surface area contributed by atoms with Crippen LogP contribution in [0.5, 0.6) is 11.5 Å². The number of benzene rings is 6. The predicted molar refractivity (Wildman–Crippen MR) is 263 cm³/mol. The Labute approximate surface area is 375 Å². The molecule has 0 saturated carbocycles. The zero-order chi connectivity index (χ0) is 43.5. The smallest absolute Gasteiger partial charge is 0.147 e. The zero-order valence-corrected chi connectivity index (χ0v) is 36.9. The standard InChI is InChI=1S/C48H39B9OS2/c1-26-18-21-39-37(22-26)45(4,5)44(2,3)33-14-10-13-30(43(33)59-39)32-25-35(47(52,53)54)31(24-36(32)48(55,56)57)29-20-19-27(23-34(29)46(49,50)51)28-12-11-17-41-42(28)58-38-15-8-9-16-40(38)60(41,6)7/h8-25H,1-7H3. The van der Waals surface area contributed by atoms with Gasteiger partial charge in [0.15, 0.2) is 0 Å². The predicted octanol–water partition coefficient (Wildman–Crippen LogP) is 9.15. The van der Waals surface area contributed by atoms with E-state index in [4.69, 9.17) is 75.4 Å². The van der Waals surface area contributed by atoms with E-state index in [1.807, 2.05) is 66.7 Å². The highest BCUT2D eigenvalue weighted by molar-refractivity contribution is 8.32.